The Hall–Kier alpha value is -1.83. The lowest BCUT2D eigenvalue weighted by molar-refractivity contribution is -0.136. The molecule has 0 saturated heterocycles. The summed E-state index contributed by atoms with van der Waals surface area (Å²) >= 11 is 0. The minimum absolute atomic E-state index is 0.0477. The highest BCUT2D eigenvalue weighted by Gasteiger charge is 2.30. The molecule has 1 rings (SSSR count). The zero-order chi connectivity index (χ0) is 15.0. The summed E-state index contributed by atoms with van der Waals surface area (Å²) in [6.07, 6.45) is 1.03. The second-order valence-corrected chi connectivity index (χ2v) is 4.60. The Bertz CT molecular complexity index is 510. The number of methoxy groups -OCH3 is 1. The number of carbonyl (C=O) groups excluding carboxylic acids is 1. The predicted molar refractivity (Wildman–Crippen MR) is 79.4 cm³/mol. The van der Waals surface area contributed by atoms with E-state index in [-0.39, 0.29) is 12.5 Å². The summed E-state index contributed by atoms with van der Waals surface area (Å²) in [5, 5.41) is 11.5. The van der Waals surface area contributed by atoms with E-state index in [1.54, 1.807) is 19.1 Å². The molecule has 0 heterocycles. The molecule has 108 valence electrons. The Balaban J connectivity index is 2.81. The molecule has 1 unspecified atom stereocenters. The third-order valence-corrected chi connectivity index (χ3v) is 3.20. The van der Waals surface area contributed by atoms with Gasteiger partial charge in [0.15, 0.2) is 0 Å². The molecule has 0 bridgehead atoms. The molecule has 1 amide bonds. The fourth-order valence-corrected chi connectivity index (χ4v) is 1.56. The summed E-state index contributed by atoms with van der Waals surface area (Å²) < 4.78 is 5.26. The Morgan fingerprint density at radius 2 is 2.25 bits per heavy atom. The molecule has 0 aromatic heterocycles. The smallest absolute Gasteiger partial charge is 0.256 e. The molecule has 0 radical (unpaired) electrons. The van der Waals surface area contributed by atoms with Gasteiger partial charge in [0.2, 0.25) is 0 Å². The molecule has 0 aliphatic heterocycles. The van der Waals surface area contributed by atoms with Gasteiger partial charge in [0, 0.05) is 24.8 Å². The topological polar surface area (TPSA) is 58.6 Å². The maximum Gasteiger partial charge on any atom is 0.256 e. The van der Waals surface area contributed by atoms with E-state index in [9.17, 15) is 4.79 Å². The number of hydrogen-bond acceptors (Lipinski definition) is 3. The molecule has 4 nitrogen and oxygen atoms in total. The number of amides is 1. The minimum atomic E-state index is -0.835. The van der Waals surface area contributed by atoms with E-state index in [1.807, 2.05) is 19.1 Å². The van der Waals surface area contributed by atoms with Crippen LogP contribution in [0.5, 0.6) is 0 Å². The van der Waals surface area contributed by atoms with Crippen LogP contribution in [0.3, 0.4) is 0 Å². The average Bonchev–Trinajstić information content (AvgIpc) is 2.47. The van der Waals surface area contributed by atoms with Crippen LogP contribution < -0.4 is 5.32 Å². The standard InChI is InChI=1S/C16H21NO3/c1-4-16(2,20-3)15(19)17-14-10-7-9-13(12-14)8-5-6-11-18/h7,9-10,12,18H,4,6,11H2,1-3H3,(H,17,19). The number of hydrogen-bond donors (Lipinski definition) is 2. The Labute approximate surface area is 120 Å². The SMILES string of the molecule is CCC(C)(OC)C(=O)Nc1cccc(C#CCCO)c1. The van der Waals surface area contributed by atoms with Gasteiger partial charge in [-0.25, -0.2) is 0 Å². The third kappa shape index (κ3) is 4.37. The van der Waals surface area contributed by atoms with Crippen molar-refractivity contribution < 1.29 is 14.6 Å². The molecule has 0 saturated carbocycles. The zero-order valence-electron chi connectivity index (χ0n) is 12.2. The fraction of sp³-hybridized carbons (Fsp3) is 0.438. The van der Waals surface area contributed by atoms with Crippen molar-refractivity contribution in [3.63, 3.8) is 0 Å². The van der Waals surface area contributed by atoms with Gasteiger partial charge in [-0.3, -0.25) is 4.79 Å². The van der Waals surface area contributed by atoms with Crippen molar-refractivity contribution in [2.24, 2.45) is 0 Å². The highest BCUT2D eigenvalue weighted by atomic mass is 16.5. The molecule has 0 aliphatic rings. The first kappa shape index (κ1) is 16.2. The molecule has 4 heteroatoms. The molecule has 0 aliphatic carbocycles. The molecular weight excluding hydrogens is 254 g/mol. The molecule has 1 aromatic rings. The molecular formula is C16H21NO3. The van der Waals surface area contributed by atoms with Crippen molar-refractivity contribution in [3.05, 3.63) is 29.8 Å². The summed E-state index contributed by atoms with van der Waals surface area (Å²) in [5.74, 6) is 5.60. The first-order valence-corrected chi connectivity index (χ1v) is 6.62. The van der Waals surface area contributed by atoms with E-state index in [0.29, 0.717) is 18.5 Å². The Morgan fingerprint density at radius 1 is 1.50 bits per heavy atom. The van der Waals surface area contributed by atoms with Crippen LogP contribution in [-0.2, 0) is 9.53 Å². The number of aliphatic hydroxyl groups is 1. The van der Waals surface area contributed by atoms with Crippen LogP contribution >= 0.6 is 0 Å². The number of rotatable bonds is 5. The number of nitrogens with one attached hydrogen (secondary N) is 1. The van der Waals surface area contributed by atoms with Gasteiger partial charge < -0.3 is 15.2 Å². The van der Waals surface area contributed by atoms with Crippen LogP contribution in [0.4, 0.5) is 5.69 Å². The zero-order valence-corrected chi connectivity index (χ0v) is 12.2. The van der Waals surface area contributed by atoms with Gasteiger partial charge in [0.25, 0.3) is 5.91 Å². The van der Waals surface area contributed by atoms with Crippen LogP contribution in [0.2, 0.25) is 0 Å². The number of carbonyl (C=O) groups is 1. The molecule has 0 spiro atoms. The van der Waals surface area contributed by atoms with Gasteiger partial charge in [-0.2, -0.15) is 0 Å². The average molecular weight is 275 g/mol. The Kier molecular flexibility index (Phi) is 6.23. The van der Waals surface area contributed by atoms with Gasteiger partial charge in [-0.15, -0.1) is 0 Å². The minimum Gasteiger partial charge on any atom is -0.395 e. The quantitative estimate of drug-likeness (QED) is 0.810. The highest BCUT2D eigenvalue weighted by molar-refractivity contribution is 5.97. The molecule has 0 fully saturated rings. The van der Waals surface area contributed by atoms with E-state index < -0.39 is 5.60 Å². The maximum absolute atomic E-state index is 12.2. The van der Waals surface area contributed by atoms with Crippen molar-refractivity contribution in [2.75, 3.05) is 19.0 Å². The van der Waals surface area contributed by atoms with Gasteiger partial charge in [-0.1, -0.05) is 24.8 Å². The number of ether oxygens (including phenoxy) is 1. The summed E-state index contributed by atoms with van der Waals surface area (Å²) in [6, 6.07) is 7.29. The molecule has 2 N–H and O–H groups in total. The summed E-state index contributed by atoms with van der Waals surface area (Å²) in [5.41, 5.74) is 0.646. The van der Waals surface area contributed by atoms with Gasteiger partial charge in [0.1, 0.15) is 5.60 Å². The van der Waals surface area contributed by atoms with E-state index in [0.717, 1.165) is 5.56 Å². The van der Waals surface area contributed by atoms with E-state index in [2.05, 4.69) is 17.2 Å². The van der Waals surface area contributed by atoms with Crippen molar-refractivity contribution in [2.45, 2.75) is 32.3 Å². The molecule has 1 atom stereocenters. The van der Waals surface area contributed by atoms with Crippen molar-refractivity contribution in [1.82, 2.24) is 0 Å². The normalized spacial score (nSPS) is 13.0. The van der Waals surface area contributed by atoms with Crippen LogP contribution in [0.15, 0.2) is 24.3 Å². The van der Waals surface area contributed by atoms with Crippen molar-refractivity contribution >= 4 is 11.6 Å². The summed E-state index contributed by atoms with van der Waals surface area (Å²) in [7, 11) is 1.53. The molecule has 1 aromatic carbocycles. The van der Waals surface area contributed by atoms with E-state index in [4.69, 9.17) is 9.84 Å². The largest absolute Gasteiger partial charge is 0.395 e. The highest BCUT2D eigenvalue weighted by Crippen LogP contribution is 2.18. The van der Waals surface area contributed by atoms with E-state index >= 15 is 0 Å². The van der Waals surface area contributed by atoms with Crippen molar-refractivity contribution in [3.8, 4) is 11.8 Å². The lowest BCUT2D eigenvalue weighted by atomic mass is 10.0. The van der Waals surface area contributed by atoms with E-state index in [1.165, 1.54) is 7.11 Å². The van der Waals surface area contributed by atoms with Crippen LogP contribution in [-0.4, -0.2) is 30.3 Å². The number of benzene rings is 1. The Morgan fingerprint density at radius 3 is 2.85 bits per heavy atom. The fourth-order valence-electron chi connectivity index (χ4n) is 1.56. The van der Waals surface area contributed by atoms with Crippen LogP contribution in [0.1, 0.15) is 32.3 Å². The van der Waals surface area contributed by atoms with Crippen LogP contribution in [0, 0.1) is 11.8 Å². The third-order valence-electron chi connectivity index (χ3n) is 3.20. The second kappa shape index (κ2) is 7.68. The number of anilines is 1. The van der Waals surface area contributed by atoms with Gasteiger partial charge in [-0.05, 0) is 31.5 Å². The second-order valence-electron chi connectivity index (χ2n) is 4.60. The van der Waals surface area contributed by atoms with Crippen LogP contribution in [0.25, 0.3) is 0 Å². The first-order valence-electron chi connectivity index (χ1n) is 6.62. The lowest BCUT2D eigenvalue weighted by Crippen LogP contribution is -2.41. The summed E-state index contributed by atoms with van der Waals surface area (Å²) in [6.45, 7) is 3.71. The maximum atomic E-state index is 12.2. The van der Waals surface area contributed by atoms with Gasteiger partial charge in [0.05, 0.1) is 6.61 Å². The lowest BCUT2D eigenvalue weighted by Gasteiger charge is -2.25. The number of aliphatic hydroxyl groups excluding tert-OH is 1. The van der Waals surface area contributed by atoms with Gasteiger partial charge >= 0.3 is 0 Å². The monoisotopic (exact) mass is 275 g/mol. The first-order chi connectivity index (χ1) is 9.55. The molecule has 20 heavy (non-hydrogen) atoms. The van der Waals surface area contributed by atoms with Crippen molar-refractivity contribution in [1.29, 1.82) is 0 Å². The predicted octanol–water partition coefficient (Wildman–Crippen LogP) is 2.17. The summed E-state index contributed by atoms with van der Waals surface area (Å²) in [4.78, 5) is 12.2.